The largest absolute Gasteiger partial charge is 0.390 e. The van der Waals surface area contributed by atoms with E-state index in [0.717, 1.165) is 0 Å². The number of azide groups is 1. The van der Waals surface area contributed by atoms with Gasteiger partial charge in [0.05, 0.1) is 12.5 Å². The SMILES string of the molecule is [N-]=[N+]=Nc1ccccc1C(O)C(O)CC(N)=O. The molecule has 2 atom stereocenters. The van der Waals surface area contributed by atoms with Gasteiger partial charge < -0.3 is 15.9 Å². The second-order valence-corrected chi connectivity index (χ2v) is 3.43. The van der Waals surface area contributed by atoms with Crippen LogP contribution in [0.15, 0.2) is 29.4 Å². The minimum absolute atomic E-state index is 0.200. The standard InChI is InChI=1S/C10H12N4O3/c11-9(16)5-8(15)10(17)6-3-1-2-4-7(6)13-14-12/h1-4,8,10,15,17H,5H2,(H2,11,16). The van der Waals surface area contributed by atoms with E-state index in [1.54, 1.807) is 12.1 Å². The van der Waals surface area contributed by atoms with Crippen molar-refractivity contribution >= 4 is 11.6 Å². The normalized spacial score (nSPS) is 13.5. The molecule has 0 bridgehead atoms. The molecule has 1 amide bonds. The van der Waals surface area contributed by atoms with E-state index in [0.29, 0.717) is 0 Å². The summed E-state index contributed by atoms with van der Waals surface area (Å²) in [6.07, 6.45) is -3.03. The molecule has 2 unspecified atom stereocenters. The molecule has 4 N–H and O–H groups in total. The predicted molar refractivity (Wildman–Crippen MR) is 60.0 cm³/mol. The number of nitrogens with zero attached hydrogens (tertiary/aromatic N) is 3. The molecule has 0 heterocycles. The van der Waals surface area contributed by atoms with Gasteiger partial charge in [0.2, 0.25) is 5.91 Å². The van der Waals surface area contributed by atoms with Crippen LogP contribution in [-0.4, -0.2) is 22.2 Å². The van der Waals surface area contributed by atoms with Crippen LogP contribution in [0.4, 0.5) is 5.69 Å². The highest BCUT2D eigenvalue weighted by Crippen LogP contribution is 2.28. The van der Waals surface area contributed by atoms with Crippen LogP contribution < -0.4 is 5.73 Å². The molecular formula is C10H12N4O3. The zero-order valence-electron chi connectivity index (χ0n) is 8.89. The quantitative estimate of drug-likeness (QED) is 0.398. The lowest BCUT2D eigenvalue weighted by Gasteiger charge is -2.18. The van der Waals surface area contributed by atoms with E-state index in [1.165, 1.54) is 12.1 Å². The number of carbonyl (C=O) groups is 1. The average Bonchev–Trinajstić information content (AvgIpc) is 2.28. The van der Waals surface area contributed by atoms with Crippen LogP contribution in [0.3, 0.4) is 0 Å². The Balaban J connectivity index is 2.98. The number of hydrogen-bond donors (Lipinski definition) is 3. The van der Waals surface area contributed by atoms with E-state index in [-0.39, 0.29) is 17.7 Å². The summed E-state index contributed by atoms with van der Waals surface area (Å²) >= 11 is 0. The summed E-state index contributed by atoms with van der Waals surface area (Å²) in [5.41, 5.74) is 13.7. The highest BCUT2D eigenvalue weighted by Gasteiger charge is 2.22. The smallest absolute Gasteiger partial charge is 0.220 e. The Morgan fingerprint density at radius 3 is 2.71 bits per heavy atom. The molecule has 0 spiro atoms. The van der Waals surface area contributed by atoms with E-state index in [4.69, 9.17) is 11.3 Å². The van der Waals surface area contributed by atoms with Gasteiger partial charge in [-0.2, -0.15) is 0 Å². The van der Waals surface area contributed by atoms with Crippen LogP contribution in [0.25, 0.3) is 10.4 Å². The Morgan fingerprint density at radius 2 is 2.12 bits per heavy atom. The van der Waals surface area contributed by atoms with E-state index in [2.05, 4.69) is 10.0 Å². The molecule has 0 radical (unpaired) electrons. The Bertz CT molecular complexity index is 457. The van der Waals surface area contributed by atoms with E-state index in [9.17, 15) is 15.0 Å². The number of rotatable bonds is 5. The van der Waals surface area contributed by atoms with Crippen molar-refractivity contribution < 1.29 is 15.0 Å². The maximum atomic E-state index is 10.6. The second-order valence-electron chi connectivity index (χ2n) is 3.43. The van der Waals surface area contributed by atoms with Crippen LogP contribution in [0, 0.1) is 0 Å². The summed E-state index contributed by atoms with van der Waals surface area (Å²) in [6.45, 7) is 0. The molecule has 90 valence electrons. The first kappa shape index (κ1) is 13.0. The van der Waals surface area contributed by atoms with Crippen molar-refractivity contribution in [2.45, 2.75) is 18.6 Å². The third-order valence-corrected chi connectivity index (χ3v) is 2.18. The fourth-order valence-corrected chi connectivity index (χ4v) is 1.40. The second kappa shape index (κ2) is 5.86. The molecule has 0 fully saturated rings. The van der Waals surface area contributed by atoms with Crippen LogP contribution in [0.5, 0.6) is 0 Å². The Kier molecular flexibility index (Phi) is 4.47. The maximum Gasteiger partial charge on any atom is 0.220 e. The number of nitrogens with two attached hydrogens (primary N) is 1. The molecule has 7 nitrogen and oxygen atoms in total. The van der Waals surface area contributed by atoms with Gasteiger partial charge in [-0.25, -0.2) is 0 Å². The van der Waals surface area contributed by atoms with Gasteiger partial charge in [0.15, 0.2) is 0 Å². The fraction of sp³-hybridized carbons (Fsp3) is 0.300. The number of aliphatic hydroxyl groups excluding tert-OH is 2. The van der Waals surface area contributed by atoms with Gasteiger partial charge in [0.25, 0.3) is 0 Å². The van der Waals surface area contributed by atoms with Gasteiger partial charge in [0.1, 0.15) is 6.10 Å². The lowest BCUT2D eigenvalue weighted by molar-refractivity contribution is -0.121. The Morgan fingerprint density at radius 1 is 1.47 bits per heavy atom. The molecule has 0 aliphatic rings. The summed E-state index contributed by atoms with van der Waals surface area (Å²) in [5, 5.41) is 22.7. The molecule has 1 aromatic rings. The summed E-state index contributed by atoms with van der Waals surface area (Å²) < 4.78 is 0. The maximum absolute atomic E-state index is 10.6. The zero-order valence-corrected chi connectivity index (χ0v) is 8.89. The van der Waals surface area contributed by atoms with Gasteiger partial charge in [-0.1, -0.05) is 29.4 Å². The Hall–Kier alpha value is -2.08. The van der Waals surface area contributed by atoms with Gasteiger partial charge in [-0.15, -0.1) is 0 Å². The first-order chi connectivity index (χ1) is 8.06. The minimum Gasteiger partial charge on any atom is -0.390 e. The number of primary amides is 1. The van der Waals surface area contributed by atoms with Gasteiger partial charge in [0, 0.05) is 10.6 Å². The molecule has 0 aliphatic heterocycles. The van der Waals surface area contributed by atoms with Crippen LogP contribution in [-0.2, 0) is 4.79 Å². The monoisotopic (exact) mass is 236 g/mol. The van der Waals surface area contributed by atoms with Crippen LogP contribution in [0.1, 0.15) is 18.1 Å². The highest BCUT2D eigenvalue weighted by molar-refractivity contribution is 5.74. The van der Waals surface area contributed by atoms with Crippen molar-refractivity contribution in [3.8, 4) is 0 Å². The first-order valence-electron chi connectivity index (χ1n) is 4.84. The van der Waals surface area contributed by atoms with Gasteiger partial charge >= 0.3 is 0 Å². The number of hydrogen-bond acceptors (Lipinski definition) is 4. The molecule has 1 aromatic carbocycles. The van der Waals surface area contributed by atoms with Gasteiger partial charge in [-0.3, -0.25) is 4.79 Å². The van der Waals surface area contributed by atoms with E-state index >= 15 is 0 Å². The average molecular weight is 236 g/mol. The molecule has 17 heavy (non-hydrogen) atoms. The number of carbonyl (C=O) groups excluding carboxylic acids is 1. The summed E-state index contributed by atoms with van der Waals surface area (Å²) in [4.78, 5) is 13.2. The third kappa shape index (κ3) is 3.46. The van der Waals surface area contributed by atoms with E-state index in [1.807, 2.05) is 0 Å². The third-order valence-electron chi connectivity index (χ3n) is 2.18. The lowest BCUT2D eigenvalue weighted by atomic mass is 10.0. The van der Waals surface area contributed by atoms with Crippen molar-refractivity contribution in [3.63, 3.8) is 0 Å². The fourth-order valence-electron chi connectivity index (χ4n) is 1.40. The minimum atomic E-state index is -1.33. The molecule has 0 saturated carbocycles. The number of amides is 1. The number of benzene rings is 1. The van der Waals surface area contributed by atoms with Crippen molar-refractivity contribution in [3.05, 3.63) is 40.3 Å². The zero-order chi connectivity index (χ0) is 12.8. The summed E-state index contributed by atoms with van der Waals surface area (Å²) in [6, 6.07) is 6.24. The number of aliphatic hydroxyl groups is 2. The molecule has 0 aromatic heterocycles. The van der Waals surface area contributed by atoms with Crippen molar-refractivity contribution in [1.82, 2.24) is 0 Å². The first-order valence-corrected chi connectivity index (χ1v) is 4.84. The molecular weight excluding hydrogens is 224 g/mol. The van der Waals surface area contributed by atoms with Crippen LogP contribution >= 0.6 is 0 Å². The topological polar surface area (TPSA) is 132 Å². The van der Waals surface area contributed by atoms with E-state index < -0.39 is 18.1 Å². The molecule has 1 rings (SSSR count). The van der Waals surface area contributed by atoms with Crippen LogP contribution in [0.2, 0.25) is 0 Å². The molecule has 7 heteroatoms. The molecule has 0 saturated heterocycles. The highest BCUT2D eigenvalue weighted by atomic mass is 16.3. The predicted octanol–water partition coefficient (Wildman–Crippen LogP) is 0.898. The van der Waals surface area contributed by atoms with Crippen molar-refractivity contribution in [2.24, 2.45) is 10.8 Å². The van der Waals surface area contributed by atoms with Crippen molar-refractivity contribution in [2.75, 3.05) is 0 Å². The van der Waals surface area contributed by atoms with Gasteiger partial charge in [-0.05, 0) is 11.1 Å². The Labute approximate surface area is 97.1 Å². The lowest BCUT2D eigenvalue weighted by Crippen LogP contribution is -2.25. The van der Waals surface area contributed by atoms with Crippen molar-refractivity contribution in [1.29, 1.82) is 0 Å². The molecule has 0 aliphatic carbocycles. The summed E-state index contributed by atoms with van der Waals surface area (Å²) in [5.74, 6) is -0.724. The summed E-state index contributed by atoms with van der Waals surface area (Å²) in [7, 11) is 0.